The van der Waals surface area contributed by atoms with Crippen LogP contribution in [-0.4, -0.2) is 82.4 Å². The summed E-state index contributed by atoms with van der Waals surface area (Å²) in [5.41, 5.74) is 27.6. The number of aliphatic imine (C=N–C) groups is 2. The molecule has 0 saturated carbocycles. The summed E-state index contributed by atoms with van der Waals surface area (Å²) >= 11 is 0.319. The van der Waals surface area contributed by atoms with Gasteiger partial charge in [0.1, 0.15) is 41.7 Å². The van der Waals surface area contributed by atoms with Gasteiger partial charge in [-0.2, -0.15) is 0 Å². The zero-order chi connectivity index (χ0) is 75.9. The predicted octanol–water partition coefficient (Wildman–Crippen LogP) is 20.4. The first-order valence-corrected chi connectivity index (χ1v) is 42.7. The zero-order valence-electron chi connectivity index (χ0n) is 69.8. The third-order valence-electron chi connectivity index (χ3n) is 18.6. The Morgan fingerprint density at radius 3 is 0.990 bits per heavy atom. The molecular formula is C89H138Cl2IN6O4S-. The molecule has 0 bridgehead atoms. The molecule has 2 N–H and O–H groups in total. The van der Waals surface area contributed by atoms with Gasteiger partial charge in [-0.05, 0) is 173 Å². The smallest absolute Gasteiger partial charge is 0.244 e. The summed E-state index contributed by atoms with van der Waals surface area (Å²) in [5, 5.41) is 7.53. The second-order valence-corrected chi connectivity index (χ2v) is 35.9. The van der Waals surface area contributed by atoms with E-state index in [-0.39, 0.29) is 24.8 Å². The summed E-state index contributed by atoms with van der Waals surface area (Å²) in [5.74, 6) is 8.03. The van der Waals surface area contributed by atoms with Crippen molar-refractivity contribution < 1.29 is 55.2 Å². The molecule has 0 aromatic heterocycles. The van der Waals surface area contributed by atoms with Gasteiger partial charge in [0.05, 0.1) is 32.7 Å². The number of alkyl halides is 1. The van der Waals surface area contributed by atoms with Gasteiger partial charge in [0.2, 0.25) is 6.34 Å². The Kier molecular flexibility index (Phi) is 41.4. The molecule has 6 aromatic rings. The van der Waals surface area contributed by atoms with Crippen molar-refractivity contribution in [2.75, 3.05) is 74.6 Å². The van der Waals surface area contributed by atoms with Crippen LogP contribution in [0.5, 0.6) is 17.2 Å². The van der Waals surface area contributed by atoms with Crippen molar-refractivity contribution in [3.63, 3.8) is 0 Å². The number of methoxy groups -OCH3 is 3. The number of benzene rings is 6. The van der Waals surface area contributed by atoms with Crippen molar-refractivity contribution in [1.29, 1.82) is 0 Å². The van der Waals surface area contributed by atoms with Gasteiger partial charge < -0.3 is 37.3 Å². The van der Waals surface area contributed by atoms with Crippen molar-refractivity contribution >= 4 is 74.5 Å². The maximum atomic E-state index is 5.66. The summed E-state index contributed by atoms with van der Waals surface area (Å²) in [6.07, 6.45) is 7.36. The Balaban J connectivity index is 0.000000496. The first kappa shape index (κ1) is 93.8. The van der Waals surface area contributed by atoms with Gasteiger partial charge >= 0.3 is 58.1 Å². The first-order valence-electron chi connectivity index (χ1n) is 37.9. The van der Waals surface area contributed by atoms with Crippen molar-refractivity contribution in [2.24, 2.45) is 9.98 Å². The molecule has 1 aliphatic rings. The van der Waals surface area contributed by atoms with E-state index < -0.39 is 0 Å². The van der Waals surface area contributed by atoms with E-state index in [4.69, 9.17) is 28.4 Å². The fraction of sp³-hybridized carbons (Fsp3) is 0.562. The van der Waals surface area contributed by atoms with E-state index in [0.717, 1.165) is 54.8 Å². The van der Waals surface area contributed by atoms with Crippen molar-refractivity contribution in [2.45, 2.75) is 271 Å². The van der Waals surface area contributed by atoms with E-state index in [0.29, 0.717) is 90.8 Å². The van der Waals surface area contributed by atoms with Gasteiger partial charge in [-0.1, -0.05) is 219 Å². The maximum absolute atomic E-state index is 5.66. The van der Waals surface area contributed by atoms with Gasteiger partial charge in [0.15, 0.2) is 0 Å². The van der Waals surface area contributed by atoms with Crippen LogP contribution in [0.3, 0.4) is 0 Å². The minimum atomic E-state index is 0. The molecule has 0 unspecified atom stereocenters. The summed E-state index contributed by atoms with van der Waals surface area (Å²) in [7, 11) is 8.62. The van der Waals surface area contributed by atoms with Crippen molar-refractivity contribution in [3.8, 4) is 17.2 Å². The summed E-state index contributed by atoms with van der Waals surface area (Å²) in [6, 6.07) is 27.0. The molecule has 0 saturated heterocycles. The quantitative estimate of drug-likeness (QED) is 0.0120. The third kappa shape index (κ3) is 26.9. The number of rotatable bonds is 29. The number of halogens is 3. The molecule has 10 nitrogen and oxygen atoms in total. The standard InChI is InChI=1S/C29H43N2O.C28H44N2O.C28H40N2O.C4H10IOS.2ClH/c1-18(2)24-13-22(9)14-25(19(3)4)28(24)30-11-12-31(17-30)29-26(20(5)6)15-23(32-10)16-27(29)21(7)8;2*1-17(2)23-13-21(9)14-24(18(3)4)27(23)29-11-12-30-28-25(19(5)6)15-22(31-10)16-26(28)20(7)8;1-3-4-5-7-6-2;;/h13-21H,11-12H2,1-10H3;13-20,29-30H,11-12H2,1-10H3;11-20H,1-10H3;3-4H2,1-2H3;2*1H/q+1;;;-1;;/p-1. The number of anilines is 3. The van der Waals surface area contributed by atoms with Crippen molar-refractivity contribution in [3.05, 3.63) is 156 Å². The molecule has 7 rings (SSSR count). The predicted molar refractivity (Wildman–Crippen MR) is 450 cm³/mol. The average Bonchev–Trinajstić information content (AvgIpc) is 1.70. The molecule has 576 valence electrons. The molecule has 0 fully saturated rings. The SMILES string of the molecule is CCC[I-]SOC.COc1cc(C(C)C)c(N2C=[N+](c3c(C(C)C)cc(C)cc3C(C)C)CC2)c(C(C)C)c1.COc1cc(C(C)C)c(N=CC=Nc2c(C(C)C)cc(C)cc2C(C)C)c(C(C)C)c1.COc1cc(C(C)C)c(NCCNc2c(C(C)C)cc(C)cc2C(C)C)c(C(C)C)c1.Cl.[Cl-]. The molecule has 0 atom stereocenters. The normalized spacial score (nSPS) is 12.4. The molecule has 0 amide bonds. The molecule has 0 spiro atoms. The fourth-order valence-corrected chi connectivity index (χ4v) is 16.1. The van der Waals surface area contributed by atoms with Gasteiger partial charge in [0.25, 0.3) is 0 Å². The maximum Gasteiger partial charge on any atom is 0.244 e. The van der Waals surface area contributed by atoms with Crippen LogP contribution in [0.4, 0.5) is 34.1 Å². The Morgan fingerprint density at radius 1 is 0.427 bits per heavy atom. The number of nitrogens with one attached hydrogen (secondary N) is 2. The van der Waals surface area contributed by atoms with E-state index >= 15 is 0 Å². The largest absolute Gasteiger partial charge is 1.00 e. The van der Waals surface area contributed by atoms with Crippen LogP contribution in [-0.2, 0) is 4.18 Å². The minimum Gasteiger partial charge on any atom is -1.00 e. The molecule has 1 heterocycles. The monoisotopic (exact) mass is 1580 g/mol. The Labute approximate surface area is 654 Å². The van der Waals surface area contributed by atoms with Gasteiger partial charge in [-0.25, -0.2) is 9.48 Å². The summed E-state index contributed by atoms with van der Waals surface area (Å²) < 4.78 is 25.5. The van der Waals surface area contributed by atoms with Crippen LogP contribution in [0.25, 0.3) is 0 Å². The number of hydrogen-bond acceptors (Lipinski definition) is 10. The summed E-state index contributed by atoms with van der Waals surface area (Å²) in [4.78, 5) is 12.2. The number of aryl methyl sites for hydroxylation is 3. The average molecular weight is 1590 g/mol. The van der Waals surface area contributed by atoms with Crippen LogP contribution in [0.15, 0.2) is 82.8 Å². The van der Waals surface area contributed by atoms with Crippen LogP contribution < -0.4 is 62.0 Å². The van der Waals surface area contributed by atoms with Crippen LogP contribution in [0.2, 0.25) is 0 Å². The molecule has 0 aliphatic carbocycles. The topological polar surface area (TPSA) is 92.0 Å². The van der Waals surface area contributed by atoms with E-state index in [2.05, 4.69) is 293 Å². The van der Waals surface area contributed by atoms with E-state index in [9.17, 15) is 0 Å². The van der Waals surface area contributed by atoms with E-state index in [1.165, 1.54) is 117 Å². The molecular weight excluding hydrogens is 1450 g/mol. The van der Waals surface area contributed by atoms with Gasteiger partial charge in [-0.15, -0.1) is 12.4 Å². The third-order valence-corrected chi connectivity index (χ3v) is 23.2. The second-order valence-electron chi connectivity index (χ2n) is 31.2. The first-order chi connectivity index (χ1) is 47.6. The second kappa shape index (κ2) is 45.4. The van der Waals surface area contributed by atoms with Gasteiger partial charge in [0, 0.05) is 59.1 Å². The number of ether oxygens (including phenoxy) is 3. The van der Waals surface area contributed by atoms with Crippen LogP contribution in [0.1, 0.15) is 334 Å². The molecule has 103 heavy (non-hydrogen) atoms. The fourth-order valence-electron chi connectivity index (χ4n) is 13.1. The zero-order valence-corrected chi connectivity index (χ0v) is 74.4. The van der Waals surface area contributed by atoms with Crippen molar-refractivity contribution in [1.82, 2.24) is 0 Å². The molecule has 14 heteroatoms. The molecule has 1 aliphatic heterocycles. The summed E-state index contributed by atoms with van der Waals surface area (Å²) in [6.45, 7) is 66.7. The Bertz CT molecular complexity index is 3500. The van der Waals surface area contributed by atoms with E-state index in [1.807, 2.05) is 12.4 Å². The number of nitrogens with zero attached hydrogens (tertiary/aromatic N) is 4. The minimum absolute atomic E-state index is 0. The van der Waals surface area contributed by atoms with Crippen LogP contribution >= 0.6 is 21.6 Å². The van der Waals surface area contributed by atoms with E-state index in [1.54, 1.807) is 37.7 Å². The Hall–Kier alpha value is -5.25. The van der Waals surface area contributed by atoms with Crippen LogP contribution in [0, 0.1) is 20.8 Å². The molecule has 0 radical (unpaired) electrons. The molecule has 6 aromatic carbocycles. The van der Waals surface area contributed by atoms with Gasteiger partial charge in [-0.3, -0.25) is 9.98 Å². The number of hydrogen-bond donors (Lipinski definition) is 2. The Morgan fingerprint density at radius 2 is 0.699 bits per heavy atom.